The number of ether oxygens (including phenoxy) is 1. The van der Waals surface area contributed by atoms with Crippen molar-refractivity contribution in [2.24, 2.45) is 0 Å². The summed E-state index contributed by atoms with van der Waals surface area (Å²) >= 11 is 0. The van der Waals surface area contributed by atoms with E-state index in [1.165, 1.54) is 17.1 Å². The molecule has 0 spiro atoms. The third-order valence-electron chi connectivity index (χ3n) is 6.68. The number of halogens is 4. The van der Waals surface area contributed by atoms with Gasteiger partial charge in [-0.1, -0.05) is 0 Å². The Balaban J connectivity index is 1.48. The van der Waals surface area contributed by atoms with E-state index < -0.39 is 36.1 Å². The Morgan fingerprint density at radius 2 is 1.86 bits per heavy atom. The van der Waals surface area contributed by atoms with Crippen LogP contribution in [0.4, 0.5) is 39.7 Å². The molecule has 0 fully saturated rings. The summed E-state index contributed by atoms with van der Waals surface area (Å²) in [6, 6.07) is 6.65. The lowest BCUT2D eigenvalue weighted by Gasteiger charge is -2.21. The standard InChI is InChI=1S/C29H29F4N7O3/c1-16-5-7-34-12-20(16)19-9-17-10-22(35-13-21(17)26(25(19)30)37-27(42)43-28(2,3)4)36-23-11-18-6-8-39(15-29(31,32)33)24(41)14-40(18)38-23/h5,7,9-13H,6,8,14-15H2,1-4H3,(H,37,42)(H,35,36,38). The molecule has 3 aromatic heterocycles. The first-order valence-electron chi connectivity index (χ1n) is 13.4. The van der Waals surface area contributed by atoms with Gasteiger partial charge in [0.2, 0.25) is 5.91 Å². The Kier molecular flexibility index (Phi) is 7.71. The molecule has 10 nitrogen and oxygen atoms in total. The van der Waals surface area contributed by atoms with Crippen LogP contribution in [0.2, 0.25) is 0 Å². The van der Waals surface area contributed by atoms with Gasteiger partial charge >= 0.3 is 12.3 Å². The first-order valence-corrected chi connectivity index (χ1v) is 13.4. The zero-order valence-corrected chi connectivity index (χ0v) is 23.8. The molecule has 4 heterocycles. The van der Waals surface area contributed by atoms with E-state index in [1.54, 1.807) is 51.2 Å². The van der Waals surface area contributed by atoms with Crippen LogP contribution in [0.15, 0.2) is 42.9 Å². The van der Waals surface area contributed by atoms with E-state index in [9.17, 15) is 22.8 Å². The predicted molar refractivity (Wildman–Crippen MR) is 151 cm³/mol. The van der Waals surface area contributed by atoms with Crippen molar-refractivity contribution in [3.63, 3.8) is 0 Å². The maximum absolute atomic E-state index is 16.0. The molecule has 0 radical (unpaired) electrons. The van der Waals surface area contributed by atoms with Crippen LogP contribution in [-0.4, -0.2) is 61.5 Å². The van der Waals surface area contributed by atoms with Crippen LogP contribution in [0.3, 0.4) is 0 Å². The molecule has 0 aliphatic carbocycles. The van der Waals surface area contributed by atoms with Crippen molar-refractivity contribution in [1.29, 1.82) is 0 Å². The summed E-state index contributed by atoms with van der Waals surface area (Å²) in [6.45, 7) is 5.17. The first kappa shape index (κ1) is 29.7. The second-order valence-electron chi connectivity index (χ2n) is 11.2. The highest BCUT2D eigenvalue weighted by molar-refractivity contribution is 6.03. The lowest BCUT2D eigenvalue weighted by molar-refractivity contribution is -0.161. The Hall–Kier alpha value is -4.75. The van der Waals surface area contributed by atoms with Crippen LogP contribution in [0.25, 0.3) is 21.9 Å². The number of hydrogen-bond donors (Lipinski definition) is 2. The number of rotatable bonds is 5. The summed E-state index contributed by atoms with van der Waals surface area (Å²) < 4.78 is 61.2. The fraction of sp³-hybridized carbons (Fsp3) is 0.345. The van der Waals surface area contributed by atoms with Gasteiger partial charge in [-0.15, -0.1) is 0 Å². The average molecular weight is 600 g/mol. The van der Waals surface area contributed by atoms with E-state index in [2.05, 4.69) is 25.7 Å². The fourth-order valence-corrected chi connectivity index (χ4v) is 4.78. The van der Waals surface area contributed by atoms with Crippen LogP contribution in [0.1, 0.15) is 32.0 Å². The third-order valence-corrected chi connectivity index (χ3v) is 6.68. The van der Waals surface area contributed by atoms with Gasteiger partial charge in [0.1, 0.15) is 24.5 Å². The van der Waals surface area contributed by atoms with E-state index in [0.717, 1.165) is 10.5 Å². The van der Waals surface area contributed by atoms with Crippen LogP contribution in [0, 0.1) is 12.7 Å². The van der Waals surface area contributed by atoms with Crippen LogP contribution < -0.4 is 10.6 Å². The van der Waals surface area contributed by atoms with Gasteiger partial charge in [0.15, 0.2) is 11.6 Å². The molecule has 0 unspecified atom stereocenters. The molecule has 14 heteroatoms. The molecule has 0 saturated carbocycles. The Morgan fingerprint density at radius 1 is 1.09 bits per heavy atom. The number of aromatic nitrogens is 4. The maximum Gasteiger partial charge on any atom is 0.412 e. The quantitative estimate of drug-likeness (QED) is 0.272. The molecule has 0 saturated heterocycles. The second kappa shape index (κ2) is 11.2. The number of carbonyl (C=O) groups is 2. The molecule has 1 aliphatic rings. The molecule has 226 valence electrons. The molecule has 1 aliphatic heterocycles. The van der Waals surface area contributed by atoms with Crippen molar-refractivity contribution < 1.29 is 31.9 Å². The number of carbonyl (C=O) groups excluding carboxylic acids is 2. The van der Waals surface area contributed by atoms with Crippen molar-refractivity contribution >= 4 is 40.1 Å². The lowest BCUT2D eigenvalue weighted by Crippen LogP contribution is -2.40. The summed E-state index contributed by atoms with van der Waals surface area (Å²) in [5, 5.41) is 10.8. The number of benzene rings is 1. The van der Waals surface area contributed by atoms with Gasteiger partial charge in [0, 0.05) is 59.8 Å². The van der Waals surface area contributed by atoms with Gasteiger partial charge in [0.05, 0.1) is 5.69 Å². The molecule has 4 aromatic rings. The van der Waals surface area contributed by atoms with Gasteiger partial charge in [0.25, 0.3) is 0 Å². The molecule has 5 rings (SSSR count). The zero-order valence-electron chi connectivity index (χ0n) is 23.8. The van der Waals surface area contributed by atoms with E-state index in [1.807, 2.05) is 6.92 Å². The number of alkyl halides is 3. The first-order chi connectivity index (χ1) is 20.2. The van der Waals surface area contributed by atoms with Crippen molar-refractivity contribution in [3.8, 4) is 11.1 Å². The highest BCUT2D eigenvalue weighted by Gasteiger charge is 2.34. The second-order valence-corrected chi connectivity index (χ2v) is 11.2. The van der Waals surface area contributed by atoms with Gasteiger partial charge in [-0.25, -0.2) is 14.2 Å². The highest BCUT2D eigenvalue weighted by Crippen LogP contribution is 2.37. The number of nitrogens with one attached hydrogen (secondary N) is 2. The number of amides is 2. The molecule has 2 amide bonds. The number of pyridine rings is 2. The third kappa shape index (κ3) is 6.84. The van der Waals surface area contributed by atoms with Crippen molar-refractivity contribution in [2.75, 3.05) is 23.7 Å². The van der Waals surface area contributed by atoms with Gasteiger partial charge in [-0.2, -0.15) is 18.3 Å². The summed E-state index contributed by atoms with van der Waals surface area (Å²) in [5.41, 5.74) is 1.17. The van der Waals surface area contributed by atoms with E-state index in [-0.39, 0.29) is 30.8 Å². The Morgan fingerprint density at radius 3 is 2.56 bits per heavy atom. The molecule has 0 atom stereocenters. The number of nitrogens with zero attached hydrogens (tertiary/aromatic N) is 5. The van der Waals surface area contributed by atoms with E-state index in [0.29, 0.717) is 33.7 Å². The van der Waals surface area contributed by atoms with Crippen molar-refractivity contribution in [1.82, 2.24) is 24.6 Å². The maximum atomic E-state index is 16.0. The largest absolute Gasteiger partial charge is 0.444 e. The summed E-state index contributed by atoms with van der Waals surface area (Å²) in [5.74, 6) is -0.704. The van der Waals surface area contributed by atoms with Gasteiger partial charge < -0.3 is 15.0 Å². The summed E-state index contributed by atoms with van der Waals surface area (Å²) in [6.07, 6.45) is -0.610. The zero-order chi connectivity index (χ0) is 31.1. The topological polar surface area (TPSA) is 114 Å². The fourth-order valence-electron chi connectivity index (χ4n) is 4.78. The number of hydrogen-bond acceptors (Lipinski definition) is 7. The number of aryl methyl sites for hydroxylation is 1. The summed E-state index contributed by atoms with van der Waals surface area (Å²) in [4.78, 5) is 34.3. The molecular weight excluding hydrogens is 570 g/mol. The Labute approximate surface area is 244 Å². The van der Waals surface area contributed by atoms with Gasteiger partial charge in [-0.3, -0.25) is 19.8 Å². The monoisotopic (exact) mass is 599 g/mol. The Bertz CT molecular complexity index is 1710. The smallest absolute Gasteiger partial charge is 0.412 e. The van der Waals surface area contributed by atoms with E-state index >= 15 is 4.39 Å². The molecule has 43 heavy (non-hydrogen) atoms. The number of anilines is 3. The van der Waals surface area contributed by atoms with Gasteiger partial charge in [-0.05, 0) is 56.8 Å². The minimum absolute atomic E-state index is 0.0901. The van der Waals surface area contributed by atoms with Crippen LogP contribution >= 0.6 is 0 Å². The molecule has 2 N–H and O–H groups in total. The minimum Gasteiger partial charge on any atom is -0.444 e. The molecular formula is C29H29F4N7O3. The average Bonchev–Trinajstić information content (AvgIpc) is 3.20. The van der Waals surface area contributed by atoms with Crippen molar-refractivity contribution in [2.45, 2.75) is 52.4 Å². The minimum atomic E-state index is -4.49. The highest BCUT2D eigenvalue weighted by atomic mass is 19.4. The lowest BCUT2D eigenvalue weighted by atomic mass is 9.98. The summed E-state index contributed by atoms with van der Waals surface area (Å²) in [7, 11) is 0. The van der Waals surface area contributed by atoms with E-state index in [4.69, 9.17) is 4.74 Å². The predicted octanol–water partition coefficient (Wildman–Crippen LogP) is 5.98. The van der Waals surface area contributed by atoms with Crippen LogP contribution in [-0.2, 0) is 22.5 Å². The van der Waals surface area contributed by atoms with Crippen molar-refractivity contribution in [3.05, 3.63) is 59.9 Å². The SMILES string of the molecule is Cc1ccncc1-c1cc2cc(Nc3cc4n(n3)CC(=O)N(CC(F)(F)F)CC4)ncc2c(NC(=O)OC(C)(C)C)c1F. The normalized spacial score (nSPS) is 14.0. The number of fused-ring (bicyclic) bond motifs is 2. The molecule has 0 bridgehead atoms. The van der Waals surface area contributed by atoms with Crippen LogP contribution in [0.5, 0.6) is 0 Å². The molecule has 1 aromatic carbocycles.